The molecule has 2 aliphatic rings. The molecular weight excluding hydrogens is 230 g/mol. The first-order chi connectivity index (χ1) is 8.77. The number of rotatable bonds is 4. The Bertz CT molecular complexity index is 297. The fraction of sp³-hybridized carbons (Fsp3) is 0.786. The van der Waals surface area contributed by atoms with Crippen LogP contribution >= 0.6 is 0 Å². The highest BCUT2D eigenvalue weighted by Crippen LogP contribution is 2.20. The summed E-state index contributed by atoms with van der Waals surface area (Å²) in [4.78, 5) is 11.9. The zero-order chi connectivity index (χ0) is 12.8. The minimum absolute atomic E-state index is 0.0884. The molecule has 1 saturated heterocycles. The second-order valence-corrected chi connectivity index (χ2v) is 5.24. The van der Waals surface area contributed by atoms with E-state index >= 15 is 0 Å². The summed E-state index contributed by atoms with van der Waals surface area (Å²) in [6.45, 7) is 1.83. The highest BCUT2D eigenvalue weighted by molar-refractivity contribution is 5.78. The molecule has 0 bridgehead atoms. The molecule has 1 aliphatic carbocycles. The molecule has 0 spiro atoms. The van der Waals surface area contributed by atoms with Crippen molar-refractivity contribution in [2.45, 2.75) is 38.2 Å². The van der Waals surface area contributed by atoms with Crippen molar-refractivity contribution < 1.29 is 14.6 Å². The van der Waals surface area contributed by atoms with Gasteiger partial charge in [0.1, 0.15) is 0 Å². The van der Waals surface area contributed by atoms with Gasteiger partial charge in [-0.2, -0.15) is 0 Å². The molecule has 1 aliphatic heterocycles. The van der Waals surface area contributed by atoms with E-state index in [9.17, 15) is 9.90 Å². The molecule has 4 heteroatoms. The van der Waals surface area contributed by atoms with Crippen molar-refractivity contribution >= 4 is 5.91 Å². The van der Waals surface area contributed by atoms with Crippen molar-refractivity contribution in [3.63, 3.8) is 0 Å². The van der Waals surface area contributed by atoms with Crippen LogP contribution in [0.15, 0.2) is 12.2 Å². The van der Waals surface area contributed by atoms with E-state index in [0.29, 0.717) is 6.54 Å². The number of carbonyl (C=O) groups excluding carboxylic acids is 1. The highest BCUT2D eigenvalue weighted by atomic mass is 16.5. The SMILES string of the molecule is O=C(NC[C@@H](O)C1CCOCC1)[C@@H]1CC=CCC1. The summed E-state index contributed by atoms with van der Waals surface area (Å²) in [5.74, 6) is 0.452. The van der Waals surface area contributed by atoms with Gasteiger partial charge >= 0.3 is 0 Å². The third-order valence-corrected chi connectivity index (χ3v) is 3.94. The summed E-state index contributed by atoms with van der Waals surface area (Å²) < 4.78 is 5.26. The topological polar surface area (TPSA) is 58.6 Å². The molecule has 2 N–H and O–H groups in total. The Morgan fingerprint density at radius 2 is 2.11 bits per heavy atom. The minimum atomic E-state index is -0.433. The predicted octanol–water partition coefficient (Wildman–Crippen LogP) is 1.25. The van der Waals surface area contributed by atoms with Crippen molar-refractivity contribution in [1.82, 2.24) is 5.32 Å². The number of amides is 1. The molecule has 2 rings (SSSR count). The van der Waals surface area contributed by atoms with Crippen LogP contribution in [-0.4, -0.2) is 36.9 Å². The zero-order valence-corrected chi connectivity index (χ0v) is 10.8. The first-order valence-electron chi connectivity index (χ1n) is 6.96. The summed E-state index contributed by atoms with van der Waals surface area (Å²) >= 11 is 0. The predicted molar refractivity (Wildman–Crippen MR) is 69.0 cm³/mol. The van der Waals surface area contributed by atoms with Crippen LogP contribution < -0.4 is 5.32 Å². The second kappa shape index (κ2) is 6.90. The molecule has 0 saturated carbocycles. The molecule has 0 radical (unpaired) electrons. The first kappa shape index (κ1) is 13.6. The van der Waals surface area contributed by atoms with Crippen LogP contribution in [0.1, 0.15) is 32.1 Å². The Hall–Kier alpha value is -0.870. The van der Waals surface area contributed by atoms with Crippen molar-refractivity contribution in [2.24, 2.45) is 11.8 Å². The molecule has 2 atom stereocenters. The lowest BCUT2D eigenvalue weighted by Gasteiger charge is -2.27. The van der Waals surface area contributed by atoms with Crippen molar-refractivity contribution in [1.29, 1.82) is 0 Å². The number of ether oxygens (including phenoxy) is 1. The van der Waals surface area contributed by atoms with Gasteiger partial charge in [-0.05, 0) is 38.0 Å². The molecule has 4 nitrogen and oxygen atoms in total. The lowest BCUT2D eigenvalue weighted by molar-refractivity contribution is -0.126. The molecule has 0 aromatic carbocycles. The van der Waals surface area contributed by atoms with Crippen LogP contribution in [0.3, 0.4) is 0 Å². The largest absolute Gasteiger partial charge is 0.391 e. The van der Waals surface area contributed by atoms with Gasteiger partial charge < -0.3 is 15.2 Å². The summed E-state index contributed by atoms with van der Waals surface area (Å²) in [6, 6.07) is 0. The monoisotopic (exact) mass is 253 g/mol. The van der Waals surface area contributed by atoms with Crippen LogP contribution in [0.4, 0.5) is 0 Å². The number of aliphatic hydroxyl groups excluding tert-OH is 1. The Labute approximate surface area is 108 Å². The van der Waals surface area contributed by atoms with E-state index in [0.717, 1.165) is 45.3 Å². The molecule has 1 heterocycles. The molecule has 0 aromatic heterocycles. The van der Waals surface area contributed by atoms with Gasteiger partial charge in [0.05, 0.1) is 6.10 Å². The van der Waals surface area contributed by atoms with Crippen LogP contribution in [-0.2, 0) is 9.53 Å². The maximum absolute atomic E-state index is 11.9. The molecule has 18 heavy (non-hydrogen) atoms. The summed E-state index contributed by atoms with van der Waals surface area (Å²) in [6.07, 6.45) is 8.29. The lowest BCUT2D eigenvalue weighted by Crippen LogP contribution is -2.40. The normalized spacial score (nSPS) is 26.8. The van der Waals surface area contributed by atoms with Gasteiger partial charge in [-0.3, -0.25) is 4.79 Å². The number of allylic oxidation sites excluding steroid dienone is 2. The number of carbonyl (C=O) groups is 1. The quantitative estimate of drug-likeness (QED) is 0.741. The van der Waals surface area contributed by atoms with Crippen molar-refractivity contribution in [2.75, 3.05) is 19.8 Å². The second-order valence-electron chi connectivity index (χ2n) is 5.24. The average molecular weight is 253 g/mol. The Kier molecular flexibility index (Phi) is 5.20. The molecule has 0 unspecified atom stereocenters. The van der Waals surface area contributed by atoms with Crippen LogP contribution in [0.25, 0.3) is 0 Å². The fourth-order valence-electron chi connectivity index (χ4n) is 2.65. The van der Waals surface area contributed by atoms with E-state index in [4.69, 9.17) is 4.74 Å². The van der Waals surface area contributed by atoms with Gasteiger partial charge in [-0.1, -0.05) is 12.2 Å². The van der Waals surface area contributed by atoms with Crippen LogP contribution in [0.5, 0.6) is 0 Å². The summed E-state index contributed by atoms with van der Waals surface area (Å²) in [5, 5.41) is 12.9. The number of hydrogen-bond donors (Lipinski definition) is 2. The molecule has 0 aromatic rings. The summed E-state index contributed by atoms with van der Waals surface area (Å²) in [5.41, 5.74) is 0. The fourth-order valence-corrected chi connectivity index (χ4v) is 2.65. The molecule has 1 amide bonds. The van der Waals surface area contributed by atoms with Gasteiger partial charge in [0.2, 0.25) is 5.91 Å². The molecule has 1 fully saturated rings. The van der Waals surface area contributed by atoms with Crippen molar-refractivity contribution in [3.05, 3.63) is 12.2 Å². The minimum Gasteiger partial charge on any atom is -0.391 e. The number of hydrogen-bond acceptors (Lipinski definition) is 3. The van der Waals surface area contributed by atoms with Gasteiger partial charge in [0.25, 0.3) is 0 Å². The van der Waals surface area contributed by atoms with Crippen LogP contribution in [0, 0.1) is 11.8 Å². The maximum atomic E-state index is 11.9. The number of nitrogens with one attached hydrogen (secondary N) is 1. The standard InChI is InChI=1S/C14H23NO3/c16-13(11-6-8-18-9-7-11)10-15-14(17)12-4-2-1-3-5-12/h1-2,11-13,16H,3-10H2,(H,15,17)/t12-,13-/m1/s1. The van der Waals surface area contributed by atoms with E-state index in [2.05, 4.69) is 17.5 Å². The van der Waals surface area contributed by atoms with Gasteiger partial charge in [0.15, 0.2) is 0 Å². The van der Waals surface area contributed by atoms with E-state index in [-0.39, 0.29) is 17.7 Å². The Morgan fingerprint density at radius 1 is 1.33 bits per heavy atom. The van der Waals surface area contributed by atoms with E-state index in [1.807, 2.05) is 0 Å². The average Bonchev–Trinajstić information content (AvgIpc) is 2.46. The third kappa shape index (κ3) is 3.82. The van der Waals surface area contributed by atoms with Crippen LogP contribution in [0.2, 0.25) is 0 Å². The first-order valence-corrected chi connectivity index (χ1v) is 6.96. The van der Waals surface area contributed by atoms with E-state index < -0.39 is 6.10 Å². The Morgan fingerprint density at radius 3 is 2.78 bits per heavy atom. The van der Waals surface area contributed by atoms with Gasteiger partial charge in [-0.15, -0.1) is 0 Å². The molecule has 102 valence electrons. The van der Waals surface area contributed by atoms with E-state index in [1.54, 1.807) is 0 Å². The zero-order valence-electron chi connectivity index (χ0n) is 10.8. The van der Waals surface area contributed by atoms with Gasteiger partial charge in [-0.25, -0.2) is 0 Å². The van der Waals surface area contributed by atoms with Gasteiger partial charge in [0, 0.05) is 25.7 Å². The maximum Gasteiger partial charge on any atom is 0.223 e. The summed E-state index contributed by atoms with van der Waals surface area (Å²) in [7, 11) is 0. The van der Waals surface area contributed by atoms with E-state index in [1.165, 1.54) is 0 Å². The highest BCUT2D eigenvalue weighted by Gasteiger charge is 2.24. The Balaban J connectivity index is 1.69. The number of aliphatic hydroxyl groups is 1. The third-order valence-electron chi connectivity index (χ3n) is 3.94. The smallest absolute Gasteiger partial charge is 0.223 e. The lowest BCUT2D eigenvalue weighted by atomic mass is 9.92. The van der Waals surface area contributed by atoms with Crippen molar-refractivity contribution in [3.8, 4) is 0 Å². The molecular formula is C14H23NO3.